The fraction of sp³-hybridized carbons (Fsp3) is 0.438. The van der Waals surface area contributed by atoms with E-state index in [-0.39, 0.29) is 5.97 Å². The van der Waals surface area contributed by atoms with Gasteiger partial charge in [-0.15, -0.1) is 0 Å². The minimum absolute atomic E-state index is 0.129. The van der Waals surface area contributed by atoms with Crippen molar-refractivity contribution in [3.05, 3.63) is 42.5 Å². The number of rotatable bonds is 3. The maximum atomic E-state index is 12.2. The Bertz CT molecular complexity index is 428. The van der Waals surface area contributed by atoms with Gasteiger partial charge in [0.15, 0.2) is 0 Å². The molecule has 0 spiro atoms. The van der Waals surface area contributed by atoms with Crippen LogP contribution >= 0.6 is 0 Å². The number of carbonyl (C=O) groups excluding carboxylic acids is 1. The lowest BCUT2D eigenvalue weighted by Crippen LogP contribution is -2.35. The van der Waals surface area contributed by atoms with Crippen molar-refractivity contribution in [1.29, 1.82) is 0 Å². The van der Waals surface area contributed by atoms with Crippen molar-refractivity contribution >= 4 is 11.5 Å². The average Bonchev–Trinajstić information content (AvgIpc) is 2.47. The van der Waals surface area contributed by atoms with Crippen LogP contribution in [-0.2, 0) is 9.53 Å². The Balaban J connectivity index is 2.35. The Kier molecular flexibility index (Phi) is 3.85. The maximum Gasteiger partial charge on any atom is 0.316 e. The highest BCUT2D eigenvalue weighted by Crippen LogP contribution is 2.46. The molecule has 0 heterocycles. The van der Waals surface area contributed by atoms with E-state index in [1.807, 2.05) is 30.3 Å². The van der Waals surface area contributed by atoms with Crippen molar-refractivity contribution in [3.63, 3.8) is 0 Å². The lowest BCUT2D eigenvalue weighted by Gasteiger charge is -2.36. The molecule has 1 fully saturated rings. The van der Waals surface area contributed by atoms with Gasteiger partial charge in [-0.2, -0.15) is 0 Å². The summed E-state index contributed by atoms with van der Waals surface area (Å²) in [5.41, 5.74) is 1.45. The van der Waals surface area contributed by atoms with Gasteiger partial charge in [-0.1, -0.05) is 56.2 Å². The van der Waals surface area contributed by atoms with E-state index in [2.05, 4.69) is 6.58 Å². The molecular formula is C16H20O2. The van der Waals surface area contributed by atoms with Crippen molar-refractivity contribution in [2.24, 2.45) is 5.41 Å². The molecule has 0 N–H and O–H groups in total. The van der Waals surface area contributed by atoms with Crippen LogP contribution in [-0.4, -0.2) is 13.1 Å². The summed E-state index contributed by atoms with van der Waals surface area (Å²) in [5, 5.41) is 0. The van der Waals surface area contributed by atoms with E-state index in [1.165, 1.54) is 13.5 Å². The number of benzene rings is 1. The number of ether oxygens (including phenoxy) is 1. The number of esters is 1. The maximum absolute atomic E-state index is 12.2. The number of hydrogen-bond acceptors (Lipinski definition) is 2. The van der Waals surface area contributed by atoms with Crippen molar-refractivity contribution in [2.45, 2.75) is 32.1 Å². The van der Waals surface area contributed by atoms with E-state index < -0.39 is 5.41 Å². The van der Waals surface area contributed by atoms with E-state index in [1.54, 1.807) is 0 Å². The van der Waals surface area contributed by atoms with Crippen molar-refractivity contribution in [3.8, 4) is 0 Å². The van der Waals surface area contributed by atoms with Crippen LogP contribution in [0.1, 0.15) is 37.7 Å². The van der Waals surface area contributed by atoms with Crippen LogP contribution in [0.25, 0.3) is 5.57 Å². The zero-order valence-electron chi connectivity index (χ0n) is 10.9. The lowest BCUT2D eigenvalue weighted by molar-refractivity contribution is -0.150. The first-order valence-electron chi connectivity index (χ1n) is 6.54. The van der Waals surface area contributed by atoms with E-state index in [0.717, 1.165) is 36.8 Å². The predicted molar refractivity (Wildman–Crippen MR) is 73.0 cm³/mol. The summed E-state index contributed by atoms with van der Waals surface area (Å²) in [4.78, 5) is 12.2. The zero-order valence-corrected chi connectivity index (χ0v) is 10.9. The Labute approximate surface area is 109 Å². The standard InChI is InChI=1S/C16H20O2/c1-13(14-9-5-3-6-10-14)16(15(17)18-2)11-7-4-8-12-16/h3,5-6,9-10H,1,4,7-8,11-12H2,2H3. The summed E-state index contributed by atoms with van der Waals surface area (Å²) >= 11 is 0. The van der Waals surface area contributed by atoms with Gasteiger partial charge in [-0.25, -0.2) is 0 Å². The topological polar surface area (TPSA) is 26.3 Å². The van der Waals surface area contributed by atoms with E-state index in [0.29, 0.717) is 0 Å². The first-order chi connectivity index (χ1) is 8.70. The van der Waals surface area contributed by atoms with Crippen LogP contribution in [0.4, 0.5) is 0 Å². The number of methoxy groups -OCH3 is 1. The molecule has 1 aliphatic rings. The molecule has 2 rings (SSSR count). The van der Waals surface area contributed by atoms with Crippen molar-refractivity contribution < 1.29 is 9.53 Å². The SMILES string of the molecule is C=C(c1ccccc1)C1(C(=O)OC)CCCCC1. The molecule has 1 saturated carbocycles. The van der Waals surface area contributed by atoms with Gasteiger partial charge in [-0.3, -0.25) is 4.79 Å². The molecule has 1 aliphatic carbocycles. The van der Waals surface area contributed by atoms with E-state index >= 15 is 0 Å². The second-order valence-electron chi connectivity index (χ2n) is 4.98. The third-order valence-electron chi connectivity index (χ3n) is 3.98. The largest absolute Gasteiger partial charge is 0.468 e. The molecule has 0 radical (unpaired) electrons. The number of hydrogen-bond donors (Lipinski definition) is 0. The molecule has 1 aromatic carbocycles. The monoisotopic (exact) mass is 244 g/mol. The van der Waals surface area contributed by atoms with Crippen LogP contribution in [0, 0.1) is 5.41 Å². The normalized spacial score (nSPS) is 18.1. The summed E-state index contributed by atoms with van der Waals surface area (Å²) in [6, 6.07) is 9.97. The highest BCUT2D eigenvalue weighted by atomic mass is 16.5. The molecule has 0 aromatic heterocycles. The quantitative estimate of drug-likeness (QED) is 0.755. The molecule has 18 heavy (non-hydrogen) atoms. The molecule has 2 nitrogen and oxygen atoms in total. The number of carbonyl (C=O) groups is 1. The minimum Gasteiger partial charge on any atom is -0.468 e. The van der Waals surface area contributed by atoms with Gasteiger partial charge in [0.1, 0.15) is 0 Å². The Hall–Kier alpha value is -1.57. The molecule has 96 valence electrons. The Morgan fingerprint density at radius 1 is 1.17 bits per heavy atom. The van der Waals surface area contributed by atoms with Gasteiger partial charge in [0.2, 0.25) is 0 Å². The molecule has 0 amide bonds. The molecule has 2 heteroatoms. The van der Waals surface area contributed by atoms with Crippen LogP contribution < -0.4 is 0 Å². The van der Waals surface area contributed by atoms with Crippen molar-refractivity contribution in [2.75, 3.05) is 7.11 Å². The third kappa shape index (κ3) is 2.20. The highest BCUT2D eigenvalue weighted by molar-refractivity contribution is 5.92. The second kappa shape index (κ2) is 5.38. The first kappa shape index (κ1) is 12.9. The molecule has 0 unspecified atom stereocenters. The third-order valence-corrected chi connectivity index (χ3v) is 3.98. The minimum atomic E-state index is -0.506. The molecule has 0 aliphatic heterocycles. The molecular weight excluding hydrogens is 224 g/mol. The van der Waals surface area contributed by atoms with Crippen LogP contribution in [0.2, 0.25) is 0 Å². The van der Waals surface area contributed by atoms with Crippen molar-refractivity contribution in [1.82, 2.24) is 0 Å². The van der Waals surface area contributed by atoms with Crippen LogP contribution in [0.15, 0.2) is 36.9 Å². The summed E-state index contributed by atoms with van der Waals surface area (Å²) in [7, 11) is 1.47. The average molecular weight is 244 g/mol. The molecule has 1 aromatic rings. The predicted octanol–water partition coefficient (Wildman–Crippen LogP) is 3.82. The Morgan fingerprint density at radius 2 is 1.78 bits per heavy atom. The second-order valence-corrected chi connectivity index (χ2v) is 4.98. The van der Waals surface area contributed by atoms with Gasteiger partial charge < -0.3 is 4.74 Å². The summed E-state index contributed by atoms with van der Waals surface area (Å²) < 4.78 is 5.04. The van der Waals surface area contributed by atoms with Gasteiger partial charge in [-0.05, 0) is 24.0 Å². The fourth-order valence-corrected chi connectivity index (χ4v) is 2.90. The highest BCUT2D eigenvalue weighted by Gasteiger charge is 2.43. The van der Waals surface area contributed by atoms with Gasteiger partial charge in [0.25, 0.3) is 0 Å². The lowest BCUT2D eigenvalue weighted by atomic mass is 9.67. The van der Waals surface area contributed by atoms with Crippen LogP contribution in [0.5, 0.6) is 0 Å². The van der Waals surface area contributed by atoms with Gasteiger partial charge in [0, 0.05) is 0 Å². The fourth-order valence-electron chi connectivity index (χ4n) is 2.90. The van der Waals surface area contributed by atoms with Crippen LogP contribution in [0.3, 0.4) is 0 Å². The molecule has 0 bridgehead atoms. The van der Waals surface area contributed by atoms with E-state index in [4.69, 9.17) is 4.74 Å². The smallest absolute Gasteiger partial charge is 0.316 e. The van der Waals surface area contributed by atoms with Gasteiger partial charge >= 0.3 is 5.97 Å². The first-order valence-corrected chi connectivity index (χ1v) is 6.54. The Morgan fingerprint density at radius 3 is 2.33 bits per heavy atom. The summed E-state index contributed by atoms with van der Waals surface area (Å²) in [6.07, 6.45) is 5.05. The van der Waals surface area contributed by atoms with Gasteiger partial charge in [0.05, 0.1) is 12.5 Å². The summed E-state index contributed by atoms with van der Waals surface area (Å²) in [5.74, 6) is -0.129. The van der Waals surface area contributed by atoms with E-state index in [9.17, 15) is 4.79 Å². The summed E-state index contributed by atoms with van der Waals surface area (Å²) in [6.45, 7) is 4.19. The zero-order chi connectivity index (χ0) is 13.0. The molecule has 0 atom stereocenters. The molecule has 0 saturated heterocycles.